The highest BCUT2D eigenvalue weighted by molar-refractivity contribution is 5.76. The van der Waals surface area contributed by atoms with Gasteiger partial charge in [-0.15, -0.1) is 0 Å². The molecule has 0 atom stereocenters. The maximum atomic E-state index is 12.3. The van der Waals surface area contributed by atoms with Gasteiger partial charge < -0.3 is 20.3 Å². The van der Waals surface area contributed by atoms with Crippen LogP contribution in [0.2, 0.25) is 0 Å². The van der Waals surface area contributed by atoms with Crippen LogP contribution in [0.4, 0.5) is 5.82 Å². The minimum absolute atomic E-state index is 0.00228. The van der Waals surface area contributed by atoms with E-state index in [9.17, 15) is 14.9 Å². The Kier molecular flexibility index (Phi) is 5.48. The summed E-state index contributed by atoms with van der Waals surface area (Å²) in [6.07, 6.45) is 4.52. The Morgan fingerprint density at radius 1 is 1.50 bits per heavy atom. The smallest absolute Gasteiger partial charge is 0.358 e. The zero-order valence-corrected chi connectivity index (χ0v) is 13.1. The molecule has 1 N–H and O–H groups in total. The third-order valence-electron chi connectivity index (χ3n) is 4.23. The van der Waals surface area contributed by atoms with E-state index < -0.39 is 4.92 Å². The van der Waals surface area contributed by atoms with Gasteiger partial charge in [-0.25, -0.2) is 0 Å². The number of nitrogens with zero attached hydrogens (tertiary/aromatic N) is 4. The summed E-state index contributed by atoms with van der Waals surface area (Å²) in [6, 6.07) is 0. The molecule has 2 heterocycles. The number of likely N-dealkylation sites (tertiary alicyclic amines) is 1. The minimum Gasteiger partial charge on any atom is -0.358 e. The molecular weight excluding hydrogens is 286 g/mol. The van der Waals surface area contributed by atoms with Gasteiger partial charge in [0.25, 0.3) is 0 Å². The van der Waals surface area contributed by atoms with E-state index in [1.54, 1.807) is 11.5 Å². The summed E-state index contributed by atoms with van der Waals surface area (Å²) < 4.78 is 1.55. The Labute approximate surface area is 129 Å². The molecule has 8 heteroatoms. The molecule has 1 aliphatic heterocycles. The second kappa shape index (κ2) is 7.35. The molecule has 2 rings (SSSR count). The van der Waals surface area contributed by atoms with Gasteiger partial charge in [-0.05, 0) is 48.7 Å². The van der Waals surface area contributed by atoms with Crippen molar-refractivity contribution in [3.63, 3.8) is 0 Å². The summed E-state index contributed by atoms with van der Waals surface area (Å²) in [6.45, 7) is 4.33. The van der Waals surface area contributed by atoms with E-state index in [0.29, 0.717) is 11.7 Å². The van der Waals surface area contributed by atoms with Gasteiger partial charge in [0.2, 0.25) is 11.7 Å². The molecule has 1 aliphatic rings. The maximum Gasteiger partial charge on any atom is 0.381 e. The van der Waals surface area contributed by atoms with Crippen molar-refractivity contribution in [3.05, 3.63) is 22.1 Å². The van der Waals surface area contributed by atoms with Crippen molar-refractivity contribution in [2.75, 3.05) is 26.7 Å². The Morgan fingerprint density at radius 2 is 2.18 bits per heavy atom. The summed E-state index contributed by atoms with van der Waals surface area (Å²) in [5, 5.41) is 13.9. The number of hydrogen-bond acceptors (Lipinski definition) is 5. The summed E-state index contributed by atoms with van der Waals surface area (Å²) in [4.78, 5) is 28.2. The number of nitro groups is 1. The third kappa shape index (κ3) is 4.03. The molecule has 1 aromatic heterocycles. The van der Waals surface area contributed by atoms with Crippen LogP contribution in [0.25, 0.3) is 0 Å². The molecule has 122 valence electrons. The zero-order chi connectivity index (χ0) is 16.1. The lowest BCUT2D eigenvalue weighted by Crippen LogP contribution is -2.40. The monoisotopic (exact) mass is 309 g/mol. The van der Waals surface area contributed by atoms with Crippen molar-refractivity contribution in [1.82, 2.24) is 19.8 Å². The van der Waals surface area contributed by atoms with Crippen LogP contribution in [0.5, 0.6) is 0 Å². The highest BCUT2D eigenvalue weighted by atomic mass is 16.6. The average molecular weight is 309 g/mol. The molecule has 0 saturated carbocycles. The molecule has 0 spiro atoms. The number of aryl methyl sites for hydroxylation is 1. The van der Waals surface area contributed by atoms with Crippen molar-refractivity contribution in [2.24, 2.45) is 5.92 Å². The molecule has 8 nitrogen and oxygen atoms in total. The van der Waals surface area contributed by atoms with Crippen molar-refractivity contribution in [1.29, 1.82) is 0 Å². The lowest BCUT2D eigenvalue weighted by atomic mass is 9.93. The Balaban J connectivity index is 1.87. The van der Waals surface area contributed by atoms with Crippen molar-refractivity contribution >= 4 is 11.7 Å². The molecule has 1 saturated heterocycles. The number of nitrogens with one attached hydrogen (secondary N) is 1. The van der Waals surface area contributed by atoms with Gasteiger partial charge in [0.15, 0.2) is 0 Å². The van der Waals surface area contributed by atoms with E-state index in [-0.39, 0.29) is 18.3 Å². The first-order valence-electron chi connectivity index (χ1n) is 7.61. The van der Waals surface area contributed by atoms with E-state index in [4.69, 9.17) is 0 Å². The second-order valence-corrected chi connectivity index (χ2v) is 5.75. The van der Waals surface area contributed by atoms with Crippen LogP contribution in [-0.2, 0) is 11.3 Å². The Hall–Kier alpha value is -1.96. The fourth-order valence-corrected chi connectivity index (χ4v) is 2.80. The molecule has 0 bridgehead atoms. The summed E-state index contributed by atoms with van der Waals surface area (Å²) in [7, 11) is 1.95. The predicted molar refractivity (Wildman–Crippen MR) is 81.5 cm³/mol. The first-order valence-corrected chi connectivity index (χ1v) is 7.61. The normalized spacial score (nSPS) is 16.0. The first kappa shape index (κ1) is 16.4. The SMILES string of the molecule is CNCCC1CCN(C(=O)Cn2cc([N+](=O)[O-])nc2C)CC1. The number of aromatic nitrogens is 2. The van der Waals surface area contributed by atoms with E-state index in [2.05, 4.69) is 10.3 Å². The van der Waals surface area contributed by atoms with Gasteiger partial charge in [-0.1, -0.05) is 0 Å². The summed E-state index contributed by atoms with van der Waals surface area (Å²) >= 11 is 0. The average Bonchev–Trinajstić information content (AvgIpc) is 2.87. The van der Waals surface area contributed by atoms with Crippen LogP contribution in [-0.4, -0.2) is 52.0 Å². The van der Waals surface area contributed by atoms with Crippen molar-refractivity contribution in [2.45, 2.75) is 32.7 Å². The largest absolute Gasteiger partial charge is 0.381 e. The van der Waals surface area contributed by atoms with E-state index in [1.807, 2.05) is 11.9 Å². The van der Waals surface area contributed by atoms with Crippen LogP contribution in [0.15, 0.2) is 6.20 Å². The summed E-state index contributed by atoms with van der Waals surface area (Å²) in [5.41, 5.74) is 0. The fraction of sp³-hybridized carbons (Fsp3) is 0.714. The number of amides is 1. The first-order chi connectivity index (χ1) is 10.5. The van der Waals surface area contributed by atoms with E-state index in [1.165, 1.54) is 6.20 Å². The lowest BCUT2D eigenvalue weighted by Gasteiger charge is -2.32. The standard InChI is InChI=1S/C14H23N5O3/c1-11-16-13(19(21)22)9-18(11)10-14(20)17-7-4-12(5-8-17)3-6-15-2/h9,12,15H,3-8,10H2,1-2H3. The highest BCUT2D eigenvalue weighted by Crippen LogP contribution is 2.20. The zero-order valence-electron chi connectivity index (χ0n) is 13.1. The van der Waals surface area contributed by atoms with Crippen molar-refractivity contribution in [3.8, 4) is 0 Å². The number of hydrogen-bond donors (Lipinski definition) is 1. The molecule has 1 aromatic rings. The maximum absolute atomic E-state index is 12.3. The lowest BCUT2D eigenvalue weighted by molar-refractivity contribution is -0.389. The van der Waals surface area contributed by atoms with Crippen LogP contribution in [0.3, 0.4) is 0 Å². The van der Waals surface area contributed by atoms with Gasteiger partial charge in [0.1, 0.15) is 12.7 Å². The number of rotatable bonds is 6. The Bertz CT molecular complexity index is 535. The molecule has 22 heavy (non-hydrogen) atoms. The summed E-state index contributed by atoms with van der Waals surface area (Å²) in [5.74, 6) is 0.954. The predicted octanol–water partition coefficient (Wildman–Crippen LogP) is 0.948. The number of piperidine rings is 1. The van der Waals surface area contributed by atoms with Crippen LogP contribution in [0, 0.1) is 23.0 Å². The second-order valence-electron chi connectivity index (χ2n) is 5.75. The topological polar surface area (TPSA) is 93.3 Å². The van der Waals surface area contributed by atoms with Crippen molar-refractivity contribution < 1.29 is 9.72 Å². The molecule has 1 fully saturated rings. The number of imidazole rings is 1. The number of carbonyl (C=O) groups is 1. The molecule has 1 amide bonds. The van der Waals surface area contributed by atoms with Crippen LogP contribution >= 0.6 is 0 Å². The minimum atomic E-state index is -0.540. The van der Waals surface area contributed by atoms with Crippen LogP contribution < -0.4 is 5.32 Å². The van der Waals surface area contributed by atoms with E-state index >= 15 is 0 Å². The van der Waals surface area contributed by atoms with Gasteiger partial charge in [0, 0.05) is 20.0 Å². The van der Waals surface area contributed by atoms with Gasteiger partial charge in [0.05, 0.1) is 0 Å². The van der Waals surface area contributed by atoms with Gasteiger partial charge >= 0.3 is 5.82 Å². The highest BCUT2D eigenvalue weighted by Gasteiger charge is 2.24. The van der Waals surface area contributed by atoms with E-state index in [0.717, 1.165) is 38.9 Å². The molecular formula is C14H23N5O3. The number of carbonyl (C=O) groups excluding carboxylic acids is 1. The Morgan fingerprint density at radius 3 is 2.73 bits per heavy atom. The van der Waals surface area contributed by atoms with Crippen LogP contribution in [0.1, 0.15) is 25.1 Å². The quantitative estimate of drug-likeness (QED) is 0.624. The molecule has 0 aliphatic carbocycles. The van der Waals surface area contributed by atoms with Gasteiger partial charge in [-0.3, -0.25) is 9.36 Å². The fourth-order valence-electron chi connectivity index (χ4n) is 2.80. The molecule has 0 aromatic carbocycles. The third-order valence-corrected chi connectivity index (χ3v) is 4.23. The molecule has 0 radical (unpaired) electrons. The molecule has 0 unspecified atom stereocenters. The van der Waals surface area contributed by atoms with Gasteiger partial charge in [-0.2, -0.15) is 0 Å².